The molecule has 0 bridgehead atoms. The first-order chi connectivity index (χ1) is 13.6. The van der Waals surface area contributed by atoms with E-state index in [0.717, 1.165) is 18.3 Å². The van der Waals surface area contributed by atoms with E-state index in [2.05, 4.69) is 0 Å². The fourth-order valence-corrected chi connectivity index (χ4v) is 5.82. The number of rotatable bonds is 23. The summed E-state index contributed by atoms with van der Waals surface area (Å²) in [6, 6.07) is -1.53. The molecular weight excluding hydrogens is 446 g/mol. The number of hydrogen-bond donors (Lipinski definition) is 0. The number of halogens is 4. The van der Waals surface area contributed by atoms with Gasteiger partial charge in [0.1, 0.15) is 0 Å². The summed E-state index contributed by atoms with van der Waals surface area (Å²) in [6.45, 7) is 0. The normalized spacial score (nSPS) is 12.0. The molecule has 0 atom stereocenters. The lowest BCUT2D eigenvalue weighted by Crippen LogP contribution is -2.07. The average molecular weight is 493 g/mol. The topological polar surface area (TPSA) is 0 Å². The summed E-state index contributed by atoms with van der Waals surface area (Å²) < 4.78 is 0. The number of alkyl halides is 1. The minimum atomic E-state index is -2.36. The molecule has 0 aliphatic carbocycles. The Morgan fingerprint density at radius 3 is 0.750 bits per heavy atom. The van der Waals surface area contributed by atoms with Crippen molar-refractivity contribution in [2.75, 3.05) is 5.88 Å². The fourth-order valence-electron chi connectivity index (χ4n) is 3.78. The molecule has 0 saturated heterocycles. The molecule has 0 spiro atoms. The van der Waals surface area contributed by atoms with Gasteiger partial charge in [-0.15, -0.1) is 44.8 Å². The van der Waals surface area contributed by atoms with E-state index in [1.54, 1.807) is 0 Å². The molecule has 0 aliphatic rings. The van der Waals surface area contributed by atoms with E-state index in [-0.39, 0.29) is 0 Å². The molecule has 0 heterocycles. The summed E-state index contributed by atoms with van der Waals surface area (Å²) in [6.07, 6.45) is 29.0. The number of hydrogen-bond acceptors (Lipinski definition) is 0. The van der Waals surface area contributed by atoms with Gasteiger partial charge in [0.2, 0.25) is 0 Å². The van der Waals surface area contributed by atoms with Crippen LogP contribution in [0.25, 0.3) is 0 Å². The third-order valence-electron chi connectivity index (χ3n) is 5.59. The fraction of sp³-hybridized carbons (Fsp3) is 1.00. The second kappa shape index (κ2) is 23.0. The summed E-state index contributed by atoms with van der Waals surface area (Å²) >= 11 is 23.4. The Morgan fingerprint density at radius 1 is 0.321 bits per heavy atom. The third-order valence-corrected chi connectivity index (χ3v) is 8.48. The lowest BCUT2D eigenvalue weighted by molar-refractivity contribution is 0.521. The molecule has 0 aromatic heterocycles. The molecule has 170 valence electrons. The highest BCUT2D eigenvalue weighted by Gasteiger charge is 2.23. The smallest absolute Gasteiger partial charge is 0.127 e. The van der Waals surface area contributed by atoms with Gasteiger partial charge in [-0.1, -0.05) is 128 Å². The molecular formula is C23H46Cl4Si. The Hall–Kier alpha value is 1.38. The summed E-state index contributed by atoms with van der Waals surface area (Å²) in [5, 5.41) is 0. The van der Waals surface area contributed by atoms with Crippen LogP contribution in [0, 0.1) is 0 Å². The van der Waals surface area contributed by atoms with E-state index in [0.29, 0.717) is 0 Å². The van der Waals surface area contributed by atoms with E-state index in [9.17, 15) is 0 Å². The summed E-state index contributed by atoms with van der Waals surface area (Å²) in [7, 11) is 0. The Kier molecular flexibility index (Phi) is 24.2. The molecule has 0 aromatic carbocycles. The van der Waals surface area contributed by atoms with E-state index >= 15 is 0 Å². The van der Waals surface area contributed by atoms with Gasteiger partial charge in [-0.25, -0.2) is 0 Å². The molecule has 0 rings (SSSR count). The van der Waals surface area contributed by atoms with Crippen molar-refractivity contribution in [2.24, 2.45) is 0 Å². The largest absolute Gasteiger partial charge is 0.341 e. The van der Waals surface area contributed by atoms with Crippen LogP contribution in [0.1, 0.15) is 135 Å². The van der Waals surface area contributed by atoms with Crippen LogP contribution in [0.5, 0.6) is 0 Å². The highest BCUT2D eigenvalue weighted by Crippen LogP contribution is 2.27. The van der Waals surface area contributed by atoms with Crippen LogP contribution < -0.4 is 0 Å². The van der Waals surface area contributed by atoms with Crippen LogP contribution in [0.2, 0.25) is 6.04 Å². The predicted molar refractivity (Wildman–Crippen MR) is 136 cm³/mol. The lowest BCUT2D eigenvalue weighted by Gasteiger charge is -2.07. The van der Waals surface area contributed by atoms with Gasteiger partial charge in [-0.2, -0.15) is 0 Å². The molecule has 0 radical (unpaired) electrons. The quantitative estimate of drug-likeness (QED) is 0.0576. The van der Waals surface area contributed by atoms with Gasteiger partial charge < -0.3 is 0 Å². The molecule has 0 saturated carbocycles. The highest BCUT2D eigenvalue weighted by molar-refractivity contribution is 7.64. The van der Waals surface area contributed by atoms with Gasteiger partial charge in [0, 0.05) is 5.88 Å². The van der Waals surface area contributed by atoms with Gasteiger partial charge >= 0.3 is 6.00 Å². The first kappa shape index (κ1) is 29.4. The maximum Gasteiger partial charge on any atom is 0.341 e. The molecule has 0 N–H and O–H groups in total. The van der Waals surface area contributed by atoms with Crippen LogP contribution in [-0.4, -0.2) is 11.9 Å². The van der Waals surface area contributed by atoms with Crippen molar-refractivity contribution in [3.05, 3.63) is 0 Å². The molecule has 0 nitrogen and oxygen atoms in total. The van der Waals surface area contributed by atoms with Crippen molar-refractivity contribution in [1.29, 1.82) is 0 Å². The molecule has 0 amide bonds. The van der Waals surface area contributed by atoms with Crippen molar-refractivity contribution in [2.45, 2.75) is 141 Å². The van der Waals surface area contributed by atoms with Crippen LogP contribution in [0.4, 0.5) is 0 Å². The van der Waals surface area contributed by atoms with E-state index in [1.165, 1.54) is 128 Å². The van der Waals surface area contributed by atoms with Crippen molar-refractivity contribution >= 4 is 50.8 Å². The summed E-state index contributed by atoms with van der Waals surface area (Å²) in [4.78, 5) is 0. The summed E-state index contributed by atoms with van der Waals surface area (Å²) in [5.41, 5.74) is 0. The van der Waals surface area contributed by atoms with Gasteiger partial charge in [0.05, 0.1) is 0 Å². The standard InChI is InChI=1S/C23H46Cl4Si/c24-22-20-18-16-14-12-10-8-6-4-2-1-3-5-7-9-11-13-15-17-19-21-23-28(25,26)27/h1-23H2. The zero-order valence-electron chi connectivity index (χ0n) is 18.3. The molecule has 0 aromatic rings. The summed E-state index contributed by atoms with van der Waals surface area (Å²) in [5.74, 6) is 0.836. The van der Waals surface area contributed by atoms with Gasteiger partial charge in [-0.05, 0) is 12.5 Å². The Balaban J connectivity index is 3.01. The zero-order chi connectivity index (χ0) is 20.8. The molecule has 5 heteroatoms. The minimum Gasteiger partial charge on any atom is -0.127 e. The van der Waals surface area contributed by atoms with Gasteiger partial charge in [0.25, 0.3) is 0 Å². The average Bonchev–Trinajstić information content (AvgIpc) is 2.65. The van der Waals surface area contributed by atoms with Gasteiger partial charge in [0.15, 0.2) is 0 Å². The van der Waals surface area contributed by atoms with Crippen molar-refractivity contribution in [3.63, 3.8) is 0 Å². The second-order valence-corrected chi connectivity index (χ2v) is 18.1. The van der Waals surface area contributed by atoms with Gasteiger partial charge in [-0.3, -0.25) is 0 Å². The zero-order valence-corrected chi connectivity index (χ0v) is 22.3. The molecule has 0 aliphatic heterocycles. The molecule has 0 unspecified atom stereocenters. The van der Waals surface area contributed by atoms with Crippen molar-refractivity contribution in [1.82, 2.24) is 0 Å². The molecule has 28 heavy (non-hydrogen) atoms. The van der Waals surface area contributed by atoms with E-state index < -0.39 is 6.00 Å². The number of unbranched alkanes of at least 4 members (excludes halogenated alkanes) is 20. The van der Waals surface area contributed by atoms with E-state index in [4.69, 9.17) is 44.8 Å². The maximum atomic E-state index is 5.89. The maximum absolute atomic E-state index is 5.89. The van der Waals surface area contributed by atoms with Crippen LogP contribution >= 0.6 is 44.8 Å². The first-order valence-corrected chi connectivity index (χ1v) is 18.0. The SMILES string of the molecule is ClCCCCCCCCCCCCCCCCCCCCCCC[Si](Cl)(Cl)Cl. The predicted octanol–water partition coefficient (Wildman–Crippen LogP) is 11.1. The lowest BCUT2D eigenvalue weighted by atomic mass is 10.0. The van der Waals surface area contributed by atoms with Crippen LogP contribution in [0.3, 0.4) is 0 Å². The van der Waals surface area contributed by atoms with Crippen molar-refractivity contribution < 1.29 is 0 Å². The van der Waals surface area contributed by atoms with Crippen LogP contribution in [0.15, 0.2) is 0 Å². The Labute approximate surface area is 196 Å². The molecule has 0 fully saturated rings. The highest BCUT2D eigenvalue weighted by atomic mass is 35.8. The third kappa shape index (κ3) is 27.4. The second-order valence-electron chi connectivity index (χ2n) is 8.48. The first-order valence-electron chi connectivity index (χ1n) is 12.2. The Morgan fingerprint density at radius 2 is 0.536 bits per heavy atom. The Bertz CT molecular complexity index is 295. The van der Waals surface area contributed by atoms with Crippen molar-refractivity contribution in [3.8, 4) is 0 Å². The van der Waals surface area contributed by atoms with Crippen LogP contribution in [-0.2, 0) is 0 Å². The monoisotopic (exact) mass is 490 g/mol. The van der Waals surface area contributed by atoms with E-state index in [1.807, 2.05) is 0 Å². The minimum absolute atomic E-state index is 0.826.